The van der Waals surface area contributed by atoms with Crippen molar-refractivity contribution in [2.24, 2.45) is 0 Å². The predicted molar refractivity (Wildman–Crippen MR) is 85.3 cm³/mol. The van der Waals surface area contributed by atoms with E-state index in [4.69, 9.17) is 21.1 Å². The first-order valence-corrected chi connectivity index (χ1v) is 7.59. The van der Waals surface area contributed by atoms with Crippen LogP contribution in [0, 0.1) is 13.8 Å². The summed E-state index contributed by atoms with van der Waals surface area (Å²) in [6.45, 7) is 7.47. The van der Waals surface area contributed by atoms with Gasteiger partial charge in [-0.05, 0) is 50.5 Å². The van der Waals surface area contributed by atoms with Gasteiger partial charge in [0.1, 0.15) is 5.75 Å². The third-order valence-corrected chi connectivity index (χ3v) is 3.20. The van der Waals surface area contributed by atoms with E-state index >= 15 is 0 Å². The highest BCUT2D eigenvalue weighted by Gasteiger charge is 2.18. The zero-order chi connectivity index (χ0) is 16.7. The fourth-order valence-corrected chi connectivity index (χ4v) is 2.26. The van der Waals surface area contributed by atoms with Gasteiger partial charge < -0.3 is 14.8 Å². The average Bonchev–Trinajstić information content (AvgIpc) is 2.43. The highest BCUT2D eigenvalue weighted by atomic mass is 35.5. The van der Waals surface area contributed by atoms with Gasteiger partial charge in [-0.15, -0.1) is 0 Å². The van der Waals surface area contributed by atoms with Gasteiger partial charge in [0, 0.05) is 11.6 Å². The van der Waals surface area contributed by atoms with Crippen molar-refractivity contribution in [2.75, 3.05) is 13.2 Å². The SMILES string of the molecule is CCCNC(=O)[C@@H](C)OC(=O)COc1c(C)cc(Cl)cc1C. The molecule has 1 N–H and O–H groups in total. The van der Waals surface area contributed by atoms with E-state index < -0.39 is 12.1 Å². The van der Waals surface area contributed by atoms with Crippen LogP contribution < -0.4 is 10.1 Å². The van der Waals surface area contributed by atoms with Gasteiger partial charge in [-0.1, -0.05) is 18.5 Å². The molecule has 0 unspecified atom stereocenters. The van der Waals surface area contributed by atoms with Gasteiger partial charge in [-0.2, -0.15) is 0 Å². The molecule has 0 radical (unpaired) electrons. The molecule has 1 amide bonds. The van der Waals surface area contributed by atoms with Crippen LogP contribution in [0.5, 0.6) is 5.75 Å². The maximum absolute atomic E-state index is 11.7. The second kappa shape index (κ2) is 8.63. The molecule has 0 fully saturated rings. The number of ether oxygens (including phenoxy) is 2. The third kappa shape index (κ3) is 5.56. The maximum atomic E-state index is 11.7. The van der Waals surface area contributed by atoms with Gasteiger partial charge in [0.2, 0.25) is 0 Å². The molecule has 0 saturated heterocycles. The Hall–Kier alpha value is -1.75. The number of amides is 1. The number of esters is 1. The van der Waals surface area contributed by atoms with Crippen LogP contribution in [0.3, 0.4) is 0 Å². The van der Waals surface area contributed by atoms with E-state index in [0.717, 1.165) is 17.5 Å². The minimum atomic E-state index is -0.838. The van der Waals surface area contributed by atoms with E-state index in [2.05, 4.69) is 5.32 Å². The second-order valence-electron chi connectivity index (χ2n) is 5.08. The number of hydrogen-bond acceptors (Lipinski definition) is 4. The van der Waals surface area contributed by atoms with Crippen molar-refractivity contribution in [3.8, 4) is 5.75 Å². The molecule has 6 heteroatoms. The lowest BCUT2D eigenvalue weighted by Crippen LogP contribution is -2.37. The highest BCUT2D eigenvalue weighted by molar-refractivity contribution is 6.30. The fraction of sp³-hybridized carbons (Fsp3) is 0.500. The van der Waals surface area contributed by atoms with E-state index in [1.165, 1.54) is 6.92 Å². The van der Waals surface area contributed by atoms with Gasteiger partial charge in [-0.3, -0.25) is 4.79 Å². The smallest absolute Gasteiger partial charge is 0.344 e. The minimum Gasteiger partial charge on any atom is -0.481 e. The topological polar surface area (TPSA) is 64.6 Å². The van der Waals surface area contributed by atoms with Gasteiger partial charge >= 0.3 is 5.97 Å². The summed E-state index contributed by atoms with van der Waals surface area (Å²) in [5.74, 6) is -0.300. The van der Waals surface area contributed by atoms with Crippen LogP contribution >= 0.6 is 11.6 Å². The lowest BCUT2D eigenvalue weighted by Gasteiger charge is -2.15. The molecule has 0 aliphatic heterocycles. The Labute approximate surface area is 135 Å². The van der Waals surface area contributed by atoms with Crippen LogP contribution in [0.15, 0.2) is 12.1 Å². The summed E-state index contributed by atoms with van der Waals surface area (Å²) in [7, 11) is 0. The molecule has 0 aliphatic carbocycles. The van der Waals surface area contributed by atoms with E-state index in [1.54, 1.807) is 12.1 Å². The maximum Gasteiger partial charge on any atom is 0.344 e. The lowest BCUT2D eigenvalue weighted by molar-refractivity contribution is -0.156. The monoisotopic (exact) mass is 327 g/mol. The number of aryl methyl sites for hydroxylation is 2. The Bertz CT molecular complexity index is 522. The zero-order valence-corrected chi connectivity index (χ0v) is 14.1. The van der Waals surface area contributed by atoms with Crippen LogP contribution in [0.25, 0.3) is 0 Å². The molecule has 0 spiro atoms. The summed E-state index contributed by atoms with van der Waals surface area (Å²) in [5, 5.41) is 3.28. The molecule has 1 aromatic rings. The number of rotatable bonds is 7. The first kappa shape index (κ1) is 18.3. The Morgan fingerprint density at radius 3 is 2.41 bits per heavy atom. The molecular formula is C16H22ClNO4. The van der Waals surface area contributed by atoms with Crippen LogP contribution in [-0.4, -0.2) is 31.1 Å². The van der Waals surface area contributed by atoms with Crippen molar-refractivity contribution in [2.45, 2.75) is 40.2 Å². The number of halogens is 1. The molecule has 1 aromatic carbocycles. The normalized spacial score (nSPS) is 11.7. The quantitative estimate of drug-likeness (QED) is 0.782. The van der Waals surface area contributed by atoms with Gasteiger partial charge in [-0.25, -0.2) is 4.79 Å². The molecule has 1 rings (SSSR count). The Kier molecular flexibility index (Phi) is 7.18. The third-order valence-electron chi connectivity index (χ3n) is 2.99. The molecule has 1 atom stereocenters. The summed E-state index contributed by atoms with van der Waals surface area (Å²) in [5.41, 5.74) is 1.68. The predicted octanol–water partition coefficient (Wildman–Crippen LogP) is 2.79. The Morgan fingerprint density at radius 2 is 1.86 bits per heavy atom. The van der Waals surface area contributed by atoms with Crippen LogP contribution in [0.1, 0.15) is 31.4 Å². The summed E-state index contributed by atoms with van der Waals surface area (Å²) in [6, 6.07) is 3.52. The highest BCUT2D eigenvalue weighted by Crippen LogP contribution is 2.26. The number of nitrogens with one attached hydrogen (secondary N) is 1. The number of benzene rings is 1. The van der Waals surface area contributed by atoms with Crippen molar-refractivity contribution < 1.29 is 19.1 Å². The Balaban J connectivity index is 2.51. The van der Waals surface area contributed by atoms with Gasteiger partial charge in [0.25, 0.3) is 5.91 Å². The second-order valence-corrected chi connectivity index (χ2v) is 5.52. The van der Waals surface area contributed by atoms with Gasteiger partial charge in [0.15, 0.2) is 12.7 Å². The molecule has 0 aromatic heterocycles. The Morgan fingerprint density at radius 1 is 1.27 bits per heavy atom. The largest absolute Gasteiger partial charge is 0.481 e. The first-order valence-electron chi connectivity index (χ1n) is 7.21. The summed E-state index contributed by atoms with van der Waals surface area (Å²) in [6.07, 6.45) is -0.0139. The molecule has 5 nitrogen and oxygen atoms in total. The number of carbonyl (C=O) groups excluding carboxylic acids is 2. The average molecular weight is 328 g/mol. The van der Waals surface area contributed by atoms with E-state index in [0.29, 0.717) is 17.3 Å². The van der Waals surface area contributed by atoms with Crippen molar-refractivity contribution in [3.05, 3.63) is 28.3 Å². The molecule has 22 heavy (non-hydrogen) atoms. The van der Waals surface area contributed by atoms with Crippen molar-refractivity contribution in [1.29, 1.82) is 0 Å². The van der Waals surface area contributed by atoms with Crippen molar-refractivity contribution in [3.63, 3.8) is 0 Å². The van der Waals surface area contributed by atoms with Crippen molar-refractivity contribution >= 4 is 23.5 Å². The molecular weight excluding hydrogens is 306 g/mol. The van der Waals surface area contributed by atoms with Crippen LogP contribution in [0.4, 0.5) is 0 Å². The summed E-state index contributed by atoms with van der Waals surface area (Å²) >= 11 is 5.94. The standard InChI is InChI=1S/C16H22ClNO4/c1-5-6-18-16(20)12(4)22-14(19)9-21-15-10(2)7-13(17)8-11(15)3/h7-8,12H,5-6,9H2,1-4H3,(H,18,20)/t12-/m1/s1. The van der Waals surface area contributed by atoms with Crippen LogP contribution in [0.2, 0.25) is 5.02 Å². The number of hydrogen-bond donors (Lipinski definition) is 1. The zero-order valence-electron chi connectivity index (χ0n) is 13.4. The van der Waals surface area contributed by atoms with E-state index in [9.17, 15) is 9.59 Å². The molecule has 0 heterocycles. The van der Waals surface area contributed by atoms with Crippen LogP contribution in [-0.2, 0) is 14.3 Å². The summed E-state index contributed by atoms with van der Waals surface area (Å²) < 4.78 is 10.5. The molecule has 0 bridgehead atoms. The molecule has 0 saturated carbocycles. The lowest BCUT2D eigenvalue weighted by atomic mass is 10.1. The fourth-order valence-electron chi connectivity index (χ4n) is 1.93. The molecule has 122 valence electrons. The minimum absolute atomic E-state index is 0.255. The van der Waals surface area contributed by atoms with E-state index in [-0.39, 0.29) is 12.5 Å². The van der Waals surface area contributed by atoms with Gasteiger partial charge in [0.05, 0.1) is 0 Å². The molecule has 0 aliphatic rings. The van der Waals surface area contributed by atoms with Crippen molar-refractivity contribution in [1.82, 2.24) is 5.32 Å². The summed E-state index contributed by atoms with van der Waals surface area (Å²) in [4.78, 5) is 23.4. The van der Waals surface area contributed by atoms with E-state index in [1.807, 2.05) is 20.8 Å². The number of carbonyl (C=O) groups is 2. The first-order chi connectivity index (χ1) is 10.3.